The molecule has 0 saturated carbocycles. The molecule has 4 N–H and O–H groups in total. The van der Waals surface area contributed by atoms with E-state index < -0.39 is 11.9 Å². The van der Waals surface area contributed by atoms with Crippen LogP contribution in [0.1, 0.15) is 23.2 Å². The number of rotatable bonds is 6. The standard InChI is InChI=1S/C11H13NO5/c12-11(16)8-4-3-7(6-9(8)13)17-5-1-2-10(14)15/h3-4,6,13H,1-2,5H2,(H2,12,16)(H,14,15). The summed E-state index contributed by atoms with van der Waals surface area (Å²) in [4.78, 5) is 21.1. The van der Waals surface area contributed by atoms with Gasteiger partial charge in [-0.3, -0.25) is 9.59 Å². The predicted molar refractivity (Wildman–Crippen MR) is 59.0 cm³/mol. The summed E-state index contributed by atoms with van der Waals surface area (Å²) in [6.45, 7) is 0.224. The SMILES string of the molecule is NC(=O)c1ccc(OCCCC(=O)O)cc1O. The van der Waals surface area contributed by atoms with Gasteiger partial charge in [0.25, 0.3) is 5.91 Å². The number of aliphatic carboxylic acids is 1. The summed E-state index contributed by atoms with van der Waals surface area (Å²) >= 11 is 0. The Morgan fingerprint density at radius 2 is 2.06 bits per heavy atom. The van der Waals surface area contributed by atoms with E-state index >= 15 is 0 Å². The van der Waals surface area contributed by atoms with Crippen LogP contribution in [0, 0.1) is 0 Å². The first-order valence-electron chi connectivity index (χ1n) is 4.98. The Hall–Kier alpha value is -2.24. The van der Waals surface area contributed by atoms with Gasteiger partial charge in [0.05, 0.1) is 12.2 Å². The lowest BCUT2D eigenvalue weighted by atomic mass is 10.2. The van der Waals surface area contributed by atoms with E-state index in [0.717, 1.165) is 0 Å². The zero-order valence-electron chi connectivity index (χ0n) is 9.05. The molecule has 0 aliphatic carbocycles. The maximum absolute atomic E-state index is 10.8. The van der Waals surface area contributed by atoms with E-state index in [-0.39, 0.29) is 24.3 Å². The van der Waals surface area contributed by atoms with E-state index in [1.54, 1.807) is 0 Å². The van der Waals surface area contributed by atoms with Crippen LogP contribution in [0.3, 0.4) is 0 Å². The van der Waals surface area contributed by atoms with Gasteiger partial charge in [-0.2, -0.15) is 0 Å². The number of carbonyl (C=O) groups excluding carboxylic acids is 1. The monoisotopic (exact) mass is 239 g/mol. The Labute approximate surface area is 97.6 Å². The summed E-state index contributed by atoms with van der Waals surface area (Å²) in [6.07, 6.45) is 0.388. The average Bonchev–Trinajstić information content (AvgIpc) is 2.23. The summed E-state index contributed by atoms with van der Waals surface area (Å²) in [5, 5.41) is 17.8. The lowest BCUT2D eigenvalue weighted by Gasteiger charge is -2.07. The minimum atomic E-state index is -0.888. The third kappa shape index (κ3) is 4.02. The fraction of sp³-hybridized carbons (Fsp3) is 0.273. The number of benzene rings is 1. The molecular weight excluding hydrogens is 226 g/mol. The Morgan fingerprint density at radius 3 is 2.59 bits per heavy atom. The number of carboxylic acids is 1. The quantitative estimate of drug-likeness (QED) is 0.634. The second kappa shape index (κ2) is 5.74. The van der Waals surface area contributed by atoms with Gasteiger partial charge in [-0.15, -0.1) is 0 Å². The summed E-state index contributed by atoms with van der Waals surface area (Å²) in [5.41, 5.74) is 5.03. The number of primary amides is 1. The van der Waals surface area contributed by atoms with Crippen molar-refractivity contribution in [2.24, 2.45) is 5.73 Å². The van der Waals surface area contributed by atoms with Crippen molar-refractivity contribution in [1.29, 1.82) is 0 Å². The normalized spacial score (nSPS) is 9.88. The van der Waals surface area contributed by atoms with Crippen molar-refractivity contribution in [2.45, 2.75) is 12.8 Å². The maximum atomic E-state index is 10.8. The molecule has 1 rings (SSSR count). The molecule has 1 amide bonds. The molecule has 0 atom stereocenters. The Kier molecular flexibility index (Phi) is 4.33. The molecule has 0 saturated heterocycles. The van der Waals surface area contributed by atoms with Crippen molar-refractivity contribution in [3.8, 4) is 11.5 Å². The summed E-state index contributed by atoms with van der Waals surface area (Å²) in [5.74, 6) is -1.51. The average molecular weight is 239 g/mol. The van der Waals surface area contributed by atoms with Crippen molar-refractivity contribution < 1.29 is 24.5 Å². The number of aromatic hydroxyl groups is 1. The molecule has 0 aliphatic heterocycles. The molecule has 0 aromatic heterocycles. The fourth-order valence-electron chi connectivity index (χ4n) is 1.22. The zero-order valence-corrected chi connectivity index (χ0v) is 9.05. The molecule has 0 fully saturated rings. The van der Waals surface area contributed by atoms with Gasteiger partial charge in [-0.1, -0.05) is 0 Å². The first kappa shape index (κ1) is 12.8. The number of hydrogen-bond acceptors (Lipinski definition) is 4. The first-order valence-corrected chi connectivity index (χ1v) is 4.98. The highest BCUT2D eigenvalue weighted by Gasteiger charge is 2.08. The number of carboxylic acid groups (broad SMARTS) is 1. The number of amides is 1. The number of phenols is 1. The molecule has 0 aliphatic rings. The van der Waals surface area contributed by atoms with Gasteiger partial charge < -0.3 is 20.7 Å². The predicted octanol–water partition coefficient (Wildman–Crippen LogP) is 0.735. The molecule has 1 aromatic carbocycles. The van der Waals surface area contributed by atoms with Crippen LogP contribution in [-0.4, -0.2) is 28.7 Å². The molecule has 0 unspecified atom stereocenters. The van der Waals surface area contributed by atoms with Crippen LogP contribution in [-0.2, 0) is 4.79 Å². The van der Waals surface area contributed by atoms with Gasteiger partial charge in [0.1, 0.15) is 11.5 Å². The minimum absolute atomic E-state index is 0.0166. The molecule has 6 heteroatoms. The second-order valence-corrected chi connectivity index (χ2v) is 3.39. The number of carbonyl (C=O) groups is 2. The molecule has 1 aromatic rings. The van der Waals surface area contributed by atoms with Crippen LogP contribution in [0.2, 0.25) is 0 Å². The van der Waals surface area contributed by atoms with Crippen molar-refractivity contribution >= 4 is 11.9 Å². The van der Waals surface area contributed by atoms with Crippen LogP contribution in [0.5, 0.6) is 11.5 Å². The Balaban J connectivity index is 2.53. The van der Waals surface area contributed by atoms with E-state index in [1.165, 1.54) is 18.2 Å². The smallest absolute Gasteiger partial charge is 0.303 e. The summed E-state index contributed by atoms with van der Waals surface area (Å²) in [6, 6.07) is 4.10. The van der Waals surface area contributed by atoms with Crippen molar-refractivity contribution in [1.82, 2.24) is 0 Å². The number of ether oxygens (including phenoxy) is 1. The molecule has 6 nitrogen and oxygen atoms in total. The van der Waals surface area contributed by atoms with Gasteiger partial charge in [-0.25, -0.2) is 0 Å². The molecule has 0 radical (unpaired) electrons. The molecule has 92 valence electrons. The molecule has 17 heavy (non-hydrogen) atoms. The summed E-state index contributed by atoms with van der Waals surface area (Å²) < 4.78 is 5.20. The van der Waals surface area contributed by atoms with Gasteiger partial charge in [0.15, 0.2) is 0 Å². The minimum Gasteiger partial charge on any atom is -0.507 e. The fourth-order valence-corrected chi connectivity index (χ4v) is 1.22. The van der Waals surface area contributed by atoms with Gasteiger partial charge in [0.2, 0.25) is 0 Å². The van der Waals surface area contributed by atoms with Gasteiger partial charge in [-0.05, 0) is 18.6 Å². The van der Waals surface area contributed by atoms with Gasteiger partial charge >= 0.3 is 5.97 Å². The summed E-state index contributed by atoms with van der Waals surface area (Å²) in [7, 11) is 0. The first-order chi connectivity index (χ1) is 8.00. The molecule has 0 spiro atoms. The largest absolute Gasteiger partial charge is 0.507 e. The van der Waals surface area contributed by atoms with Crippen molar-refractivity contribution in [2.75, 3.05) is 6.61 Å². The lowest BCUT2D eigenvalue weighted by Crippen LogP contribution is -2.11. The van der Waals surface area contributed by atoms with Crippen LogP contribution in [0.4, 0.5) is 0 Å². The van der Waals surface area contributed by atoms with E-state index in [1.807, 2.05) is 0 Å². The third-order valence-corrected chi connectivity index (χ3v) is 2.04. The van der Waals surface area contributed by atoms with Crippen LogP contribution >= 0.6 is 0 Å². The highest BCUT2D eigenvalue weighted by atomic mass is 16.5. The van der Waals surface area contributed by atoms with E-state index in [0.29, 0.717) is 12.2 Å². The molecule has 0 bridgehead atoms. The number of nitrogens with two attached hydrogens (primary N) is 1. The Bertz CT molecular complexity index is 430. The second-order valence-electron chi connectivity index (χ2n) is 3.39. The highest BCUT2D eigenvalue weighted by molar-refractivity contribution is 5.95. The van der Waals surface area contributed by atoms with Crippen molar-refractivity contribution in [3.05, 3.63) is 23.8 Å². The molecular formula is C11H13NO5. The topological polar surface area (TPSA) is 110 Å². The lowest BCUT2D eigenvalue weighted by molar-refractivity contribution is -0.137. The van der Waals surface area contributed by atoms with E-state index in [9.17, 15) is 14.7 Å². The van der Waals surface area contributed by atoms with Crippen LogP contribution < -0.4 is 10.5 Å². The number of hydrogen-bond donors (Lipinski definition) is 3. The van der Waals surface area contributed by atoms with Crippen LogP contribution in [0.15, 0.2) is 18.2 Å². The zero-order chi connectivity index (χ0) is 12.8. The highest BCUT2D eigenvalue weighted by Crippen LogP contribution is 2.23. The van der Waals surface area contributed by atoms with Crippen LogP contribution in [0.25, 0.3) is 0 Å². The maximum Gasteiger partial charge on any atom is 0.303 e. The van der Waals surface area contributed by atoms with Gasteiger partial charge in [0, 0.05) is 12.5 Å². The van der Waals surface area contributed by atoms with E-state index in [4.69, 9.17) is 15.6 Å². The Morgan fingerprint density at radius 1 is 1.35 bits per heavy atom. The van der Waals surface area contributed by atoms with Crippen molar-refractivity contribution in [3.63, 3.8) is 0 Å². The molecule has 0 heterocycles. The van der Waals surface area contributed by atoms with E-state index in [2.05, 4.69) is 0 Å². The third-order valence-electron chi connectivity index (χ3n) is 2.04.